The molecule has 6 nitrogen and oxygen atoms in total. The topological polar surface area (TPSA) is 61.9 Å². The van der Waals surface area contributed by atoms with Crippen LogP contribution >= 0.6 is 0 Å². The van der Waals surface area contributed by atoms with Gasteiger partial charge in [0.25, 0.3) is 5.91 Å². The lowest BCUT2D eigenvalue weighted by molar-refractivity contribution is -0.132. The maximum atomic E-state index is 12.5. The average Bonchev–Trinajstić information content (AvgIpc) is 2.60. The first-order chi connectivity index (χ1) is 11.5. The summed E-state index contributed by atoms with van der Waals surface area (Å²) in [5.41, 5.74) is 1.68. The molecule has 0 radical (unpaired) electrons. The number of ether oxygens (including phenoxy) is 1. The number of carbonyl (C=O) groups excluding carboxylic acids is 2. The van der Waals surface area contributed by atoms with E-state index in [2.05, 4.69) is 5.32 Å². The molecular weight excluding hydrogens is 306 g/mol. The minimum absolute atomic E-state index is 0.0200. The SMILES string of the molecule is CCN(Cc1ccc(C(=O)N(C)C)cc1)C(=O)CC1COCCN1. The molecular formula is C18H27N3O3. The van der Waals surface area contributed by atoms with Crippen molar-refractivity contribution < 1.29 is 14.3 Å². The number of carbonyl (C=O) groups is 2. The lowest BCUT2D eigenvalue weighted by atomic mass is 10.1. The third kappa shape index (κ3) is 5.04. The summed E-state index contributed by atoms with van der Waals surface area (Å²) < 4.78 is 5.40. The highest BCUT2D eigenvalue weighted by atomic mass is 16.5. The zero-order chi connectivity index (χ0) is 17.5. The number of benzene rings is 1. The van der Waals surface area contributed by atoms with Crippen molar-refractivity contribution in [3.8, 4) is 0 Å². The van der Waals surface area contributed by atoms with E-state index in [9.17, 15) is 9.59 Å². The fourth-order valence-electron chi connectivity index (χ4n) is 2.70. The zero-order valence-electron chi connectivity index (χ0n) is 14.7. The van der Waals surface area contributed by atoms with Crippen LogP contribution in [-0.2, 0) is 16.1 Å². The van der Waals surface area contributed by atoms with Gasteiger partial charge in [-0.05, 0) is 24.6 Å². The van der Waals surface area contributed by atoms with Crippen LogP contribution in [0, 0.1) is 0 Å². The third-order valence-corrected chi connectivity index (χ3v) is 4.13. The van der Waals surface area contributed by atoms with Gasteiger partial charge in [0.05, 0.1) is 13.2 Å². The van der Waals surface area contributed by atoms with Crippen molar-refractivity contribution in [2.45, 2.75) is 25.9 Å². The van der Waals surface area contributed by atoms with Gasteiger partial charge in [0.1, 0.15) is 0 Å². The van der Waals surface area contributed by atoms with Crippen LogP contribution in [0.25, 0.3) is 0 Å². The molecule has 1 heterocycles. The Labute approximate surface area is 143 Å². The molecule has 1 aromatic rings. The first kappa shape index (κ1) is 18.4. The molecule has 1 aliphatic rings. The van der Waals surface area contributed by atoms with Gasteiger partial charge in [-0.1, -0.05) is 12.1 Å². The first-order valence-corrected chi connectivity index (χ1v) is 8.40. The zero-order valence-corrected chi connectivity index (χ0v) is 14.7. The highest BCUT2D eigenvalue weighted by Crippen LogP contribution is 2.11. The number of nitrogens with one attached hydrogen (secondary N) is 1. The van der Waals surface area contributed by atoms with E-state index in [1.807, 2.05) is 36.1 Å². The molecule has 1 atom stereocenters. The van der Waals surface area contributed by atoms with Gasteiger partial charge in [-0.2, -0.15) is 0 Å². The number of amides is 2. The maximum absolute atomic E-state index is 12.5. The summed E-state index contributed by atoms with van der Waals surface area (Å²) in [6.45, 7) is 5.28. The molecule has 2 rings (SSSR count). The summed E-state index contributed by atoms with van der Waals surface area (Å²) in [5, 5.41) is 3.31. The van der Waals surface area contributed by atoms with E-state index in [4.69, 9.17) is 4.74 Å². The van der Waals surface area contributed by atoms with Crippen LogP contribution in [0.3, 0.4) is 0 Å². The van der Waals surface area contributed by atoms with Crippen molar-refractivity contribution in [1.82, 2.24) is 15.1 Å². The quantitative estimate of drug-likeness (QED) is 0.847. The minimum Gasteiger partial charge on any atom is -0.378 e. The monoisotopic (exact) mass is 333 g/mol. The average molecular weight is 333 g/mol. The van der Waals surface area contributed by atoms with E-state index in [0.717, 1.165) is 12.1 Å². The standard InChI is InChI=1S/C18H27N3O3/c1-4-21(17(22)11-16-13-24-10-9-19-16)12-14-5-7-15(8-6-14)18(23)20(2)3/h5-8,16,19H,4,9-13H2,1-3H3. The van der Waals surface area contributed by atoms with Crippen molar-refractivity contribution in [1.29, 1.82) is 0 Å². The molecule has 1 aliphatic heterocycles. The Morgan fingerprint density at radius 3 is 2.50 bits per heavy atom. The summed E-state index contributed by atoms with van der Waals surface area (Å²) in [6, 6.07) is 7.54. The summed E-state index contributed by atoms with van der Waals surface area (Å²) >= 11 is 0. The second kappa shape index (κ2) is 8.80. The lowest BCUT2D eigenvalue weighted by Gasteiger charge is -2.27. The number of rotatable bonds is 6. The Morgan fingerprint density at radius 1 is 1.25 bits per heavy atom. The molecule has 0 aliphatic carbocycles. The Bertz CT molecular complexity index is 551. The third-order valence-electron chi connectivity index (χ3n) is 4.13. The predicted molar refractivity (Wildman–Crippen MR) is 92.8 cm³/mol. The highest BCUT2D eigenvalue weighted by molar-refractivity contribution is 5.93. The summed E-state index contributed by atoms with van der Waals surface area (Å²) in [4.78, 5) is 27.8. The van der Waals surface area contributed by atoms with Crippen LogP contribution in [0.1, 0.15) is 29.3 Å². The van der Waals surface area contributed by atoms with Crippen molar-refractivity contribution in [2.75, 3.05) is 40.4 Å². The van der Waals surface area contributed by atoms with Gasteiger partial charge >= 0.3 is 0 Å². The number of hydrogen-bond acceptors (Lipinski definition) is 4. The molecule has 0 saturated carbocycles. The van der Waals surface area contributed by atoms with Gasteiger partial charge in [-0.25, -0.2) is 0 Å². The van der Waals surface area contributed by atoms with Crippen LogP contribution in [0.4, 0.5) is 0 Å². The van der Waals surface area contributed by atoms with Crippen molar-refractivity contribution in [3.63, 3.8) is 0 Å². The fraction of sp³-hybridized carbons (Fsp3) is 0.556. The van der Waals surface area contributed by atoms with E-state index < -0.39 is 0 Å². The molecule has 0 spiro atoms. The van der Waals surface area contributed by atoms with Gasteiger partial charge in [-0.15, -0.1) is 0 Å². The van der Waals surface area contributed by atoms with Crippen LogP contribution in [-0.4, -0.2) is 68.1 Å². The van der Waals surface area contributed by atoms with Crippen molar-refractivity contribution >= 4 is 11.8 Å². The molecule has 1 aromatic carbocycles. The molecule has 1 unspecified atom stereocenters. The molecule has 1 saturated heterocycles. The Morgan fingerprint density at radius 2 is 1.96 bits per heavy atom. The Kier molecular flexibility index (Phi) is 6.75. The van der Waals surface area contributed by atoms with Crippen LogP contribution in [0.5, 0.6) is 0 Å². The van der Waals surface area contributed by atoms with E-state index >= 15 is 0 Å². The molecule has 6 heteroatoms. The molecule has 1 fully saturated rings. The molecule has 0 bridgehead atoms. The highest BCUT2D eigenvalue weighted by Gasteiger charge is 2.20. The minimum atomic E-state index is -0.0200. The van der Waals surface area contributed by atoms with Crippen LogP contribution in [0.15, 0.2) is 24.3 Å². The molecule has 2 amide bonds. The maximum Gasteiger partial charge on any atom is 0.253 e. The van der Waals surface area contributed by atoms with Crippen molar-refractivity contribution in [2.24, 2.45) is 0 Å². The van der Waals surface area contributed by atoms with E-state index in [-0.39, 0.29) is 17.9 Å². The van der Waals surface area contributed by atoms with Crippen molar-refractivity contribution in [3.05, 3.63) is 35.4 Å². The smallest absolute Gasteiger partial charge is 0.253 e. The molecule has 0 aromatic heterocycles. The second-order valence-corrected chi connectivity index (χ2v) is 6.23. The number of morpholine rings is 1. The lowest BCUT2D eigenvalue weighted by Crippen LogP contribution is -2.45. The summed E-state index contributed by atoms with van der Waals surface area (Å²) in [5.74, 6) is 0.0993. The van der Waals surface area contributed by atoms with E-state index in [0.29, 0.717) is 38.3 Å². The van der Waals surface area contributed by atoms with Gasteiger partial charge in [0.2, 0.25) is 5.91 Å². The largest absolute Gasteiger partial charge is 0.378 e. The number of nitrogens with zero attached hydrogens (tertiary/aromatic N) is 2. The molecule has 1 N–H and O–H groups in total. The second-order valence-electron chi connectivity index (χ2n) is 6.23. The number of hydrogen-bond donors (Lipinski definition) is 1. The Balaban J connectivity index is 1.93. The summed E-state index contributed by atoms with van der Waals surface area (Å²) in [7, 11) is 3.47. The van der Waals surface area contributed by atoms with Gasteiger partial charge in [0.15, 0.2) is 0 Å². The summed E-state index contributed by atoms with van der Waals surface area (Å²) in [6.07, 6.45) is 0.449. The van der Waals surface area contributed by atoms with E-state index in [1.54, 1.807) is 19.0 Å². The van der Waals surface area contributed by atoms with E-state index in [1.165, 1.54) is 0 Å². The van der Waals surface area contributed by atoms with Gasteiger partial charge in [0, 0.05) is 51.8 Å². The Hall–Kier alpha value is -1.92. The predicted octanol–water partition coefficient (Wildman–Crippen LogP) is 1.12. The van der Waals surface area contributed by atoms with Crippen LogP contribution in [0.2, 0.25) is 0 Å². The molecule has 132 valence electrons. The fourth-order valence-corrected chi connectivity index (χ4v) is 2.70. The first-order valence-electron chi connectivity index (χ1n) is 8.40. The van der Waals surface area contributed by atoms with Gasteiger partial charge < -0.3 is 19.9 Å². The normalized spacial score (nSPS) is 17.4. The molecule has 24 heavy (non-hydrogen) atoms. The van der Waals surface area contributed by atoms with Crippen LogP contribution < -0.4 is 5.32 Å². The van der Waals surface area contributed by atoms with Gasteiger partial charge in [-0.3, -0.25) is 9.59 Å².